The third-order valence-corrected chi connectivity index (χ3v) is 4.80. The first kappa shape index (κ1) is 14.9. The molecule has 1 nitrogen and oxygen atoms in total. The topological polar surface area (TPSA) is 4.93 Å². The minimum absolute atomic E-state index is 0.615. The number of hydrogen-bond acceptors (Lipinski definition) is 1. The Morgan fingerprint density at radius 1 is 1.00 bits per heavy atom. The van der Waals surface area contributed by atoms with Gasteiger partial charge in [0.05, 0.1) is 0 Å². The zero-order valence-electron chi connectivity index (χ0n) is 13.0. The Kier molecular flexibility index (Phi) is 4.66. The van der Waals surface area contributed by atoms with Crippen molar-refractivity contribution >= 4 is 22.2 Å². The predicted molar refractivity (Wildman–Crippen MR) is 91.7 cm³/mol. The summed E-state index contributed by atoms with van der Waals surface area (Å²) in [7, 11) is 2.09. The molecule has 0 atom stereocenters. The van der Waals surface area contributed by atoms with Crippen LogP contribution in [-0.2, 0) is 7.05 Å². The maximum Gasteiger partial charge on any atom is 0.0478 e. The van der Waals surface area contributed by atoms with Crippen molar-refractivity contribution < 1.29 is 0 Å². The molecule has 0 saturated carbocycles. The van der Waals surface area contributed by atoms with Crippen LogP contribution in [0.2, 0.25) is 0 Å². The molecule has 2 aromatic heterocycles. The summed E-state index contributed by atoms with van der Waals surface area (Å²) in [5, 5.41) is 1.31. The molecular weight excluding hydrogens is 262 g/mol. The third kappa shape index (κ3) is 2.80. The maximum atomic E-state index is 2.28. The monoisotopic (exact) mass is 285 g/mol. The molecule has 0 saturated heterocycles. The number of nitrogens with zero attached hydrogens (tertiary/aromatic N) is 1. The highest BCUT2D eigenvalue weighted by atomic mass is 32.1. The number of thiophene rings is 1. The van der Waals surface area contributed by atoms with Crippen LogP contribution in [0.1, 0.15) is 38.5 Å². The van der Waals surface area contributed by atoms with Crippen molar-refractivity contribution in [1.82, 2.24) is 4.57 Å². The molecule has 0 bridgehead atoms. The first-order chi connectivity index (χ1) is 9.65. The van der Waals surface area contributed by atoms with Gasteiger partial charge in [0.25, 0.3) is 0 Å². The first-order valence-corrected chi connectivity index (χ1v) is 8.12. The molecule has 3 aromatic rings. The molecule has 0 spiro atoms. The molecule has 3 rings (SSSR count). The van der Waals surface area contributed by atoms with E-state index in [2.05, 4.69) is 68.1 Å². The van der Waals surface area contributed by atoms with Gasteiger partial charge in [0, 0.05) is 33.9 Å². The van der Waals surface area contributed by atoms with Crippen LogP contribution in [0.25, 0.3) is 21.3 Å². The van der Waals surface area contributed by atoms with Crippen LogP contribution in [0.15, 0.2) is 42.6 Å². The number of hydrogen-bond donors (Lipinski definition) is 0. The molecule has 0 radical (unpaired) electrons. The maximum absolute atomic E-state index is 2.28. The lowest BCUT2D eigenvalue weighted by Crippen LogP contribution is -1.83. The van der Waals surface area contributed by atoms with Crippen LogP contribution < -0.4 is 0 Å². The molecular formula is C18H23NS. The molecule has 0 amide bonds. The standard InChI is InChI=1S/C16H17NS.C2H6/c1-11(2)15-6-7-16(18-15)13-4-5-14-12(10-13)8-9-17(14)3;1-2/h4-11H,1-3H3;1-2H3. The smallest absolute Gasteiger partial charge is 0.0478 e. The predicted octanol–water partition coefficient (Wildman–Crippen LogP) is 6.06. The Bertz CT molecular complexity index is 688. The van der Waals surface area contributed by atoms with E-state index in [9.17, 15) is 0 Å². The van der Waals surface area contributed by atoms with Crippen LogP contribution in [0.3, 0.4) is 0 Å². The first-order valence-electron chi connectivity index (χ1n) is 7.30. The van der Waals surface area contributed by atoms with E-state index in [-0.39, 0.29) is 0 Å². The summed E-state index contributed by atoms with van der Waals surface area (Å²) in [6.45, 7) is 8.49. The molecule has 0 unspecified atom stereocenters. The number of aromatic nitrogens is 1. The summed E-state index contributed by atoms with van der Waals surface area (Å²) in [6, 6.07) is 13.4. The summed E-state index contributed by atoms with van der Waals surface area (Å²) < 4.78 is 2.16. The number of benzene rings is 1. The normalized spacial score (nSPS) is 10.7. The molecule has 2 heterocycles. The summed E-state index contributed by atoms with van der Waals surface area (Å²) in [5.41, 5.74) is 2.62. The van der Waals surface area contributed by atoms with Crippen molar-refractivity contribution in [2.24, 2.45) is 7.05 Å². The van der Waals surface area contributed by atoms with E-state index in [0.29, 0.717) is 5.92 Å². The lowest BCUT2D eigenvalue weighted by Gasteiger charge is -2.01. The SMILES string of the molecule is CC.CC(C)c1ccc(-c2ccc3c(ccn3C)c2)s1. The lowest BCUT2D eigenvalue weighted by atomic mass is 10.1. The van der Waals surface area contributed by atoms with Gasteiger partial charge in [0.2, 0.25) is 0 Å². The van der Waals surface area contributed by atoms with Crippen LogP contribution in [-0.4, -0.2) is 4.57 Å². The van der Waals surface area contributed by atoms with E-state index in [1.165, 1.54) is 26.2 Å². The molecule has 0 aliphatic rings. The van der Waals surface area contributed by atoms with Crippen LogP contribution in [0.5, 0.6) is 0 Å². The van der Waals surface area contributed by atoms with Crippen molar-refractivity contribution in [1.29, 1.82) is 0 Å². The highest BCUT2D eigenvalue weighted by Gasteiger charge is 2.07. The molecule has 0 N–H and O–H groups in total. The van der Waals surface area contributed by atoms with Crippen molar-refractivity contribution in [2.75, 3.05) is 0 Å². The fourth-order valence-electron chi connectivity index (χ4n) is 2.25. The van der Waals surface area contributed by atoms with Crippen molar-refractivity contribution in [3.8, 4) is 10.4 Å². The van der Waals surface area contributed by atoms with Gasteiger partial charge in [-0.1, -0.05) is 33.8 Å². The van der Waals surface area contributed by atoms with Gasteiger partial charge in [-0.3, -0.25) is 0 Å². The van der Waals surface area contributed by atoms with E-state index < -0.39 is 0 Å². The van der Waals surface area contributed by atoms with Crippen LogP contribution in [0, 0.1) is 0 Å². The van der Waals surface area contributed by atoms with Crippen molar-refractivity contribution in [2.45, 2.75) is 33.6 Å². The Hall–Kier alpha value is -1.54. The average Bonchev–Trinajstić information content (AvgIpc) is 3.08. The fraction of sp³-hybridized carbons (Fsp3) is 0.333. The fourth-order valence-corrected chi connectivity index (χ4v) is 3.26. The van der Waals surface area contributed by atoms with Gasteiger partial charge in [-0.05, 0) is 41.8 Å². The van der Waals surface area contributed by atoms with Gasteiger partial charge in [0.1, 0.15) is 0 Å². The third-order valence-electron chi connectivity index (χ3n) is 3.37. The highest BCUT2D eigenvalue weighted by Crippen LogP contribution is 2.33. The van der Waals surface area contributed by atoms with E-state index >= 15 is 0 Å². The summed E-state index contributed by atoms with van der Waals surface area (Å²) in [6.07, 6.45) is 2.11. The largest absolute Gasteiger partial charge is 0.351 e. The lowest BCUT2D eigenvalue weighted by molar-refractivity contribution is 0.890. The Morgan fingerprint density at radius 2 is 1.75 bits per heavy atom. The van der Waals surface area contributed by atoms with Crippen molar-refractivity contribution in [3.63, 3.8) is 0 Å². The number of rotatable bonds is 2. The van der Waals surface area contributed by atoms with E-state index in [1.54, 1.807) is 0 Å². The zero-order chi connectivity index (χ0) is 14.7. The van der Waals surface area contributed by atoms with E-state index in [1.807, 2.05) is 25.2 Å². The zero-order valence-corrected chi connectivity index (χ0v) is 13.8. The molecule has 0 fully saturated rings. The Morgan fingerprint density at radius 3 is 2.40 bits per heavy atom. The molecule has 20 heavy (non-hydrogen) atoms. The Labute approximate surface area is 125 Å². The summed E-state index contributed by atoms with van der Waals surface area (Å²) >= 11 is 1.90. The highest BCUT2D eigenvalue weighted by molar-refractivity contribution is 7.15. The molecule has 1 aromatic carbocycles. The Balaban J connectivity index is 0.000000704. The average molecular weight is 285 g/mol. The second-order valence-electron chi connectivity index (χ2n) is 5.06. The second-order valence-corrected chi connectivity index (χ2v) is 6.17. The van der Waals surface area contributed by atoms with Crippen molar-refractivity contribution in [3.05, 3.63) is 47.5 Å². The quantitative estimate of drug-likeness (QED) is 0.539. The molecule has 106 valence electrons. The minimum Gasteiger partial charge on any atom is -0.351 e. The van der Waals surface area contributed by atoms with Gasteiger partial charge in [-0.2, -0.15) is 0 Å². The molecule has 2 heteroatoms. The van der Waals surface area contributed by atoms with Gasteiger partial charge in [-0.15, -0.1) is 11.3 Å². The summed E-state index contributed by atoms with van der Waals surface area (Å²) in [4.78, 5) is 2.82. The van der Waals surface area contributed by atoms with E-state index in [0.717, 1.165) is 0 Å². The molecule has 0 aliphatic heterocycles. The second kappa shape index (κ2) is 6.27. The van der Waals surface area contributed by atoms with Gasteiger partial charge in [0.15, 0.2) is 0 Å². The van der Waals surface area contributed by atoms with Gasteiger partial charge in [-0.25, -0.2) is 0 Å². The van der Waals surface area contributed by atoms with Crippen LogP contribution in [0.4, 0.5) is 0 Å². The number of fused-ring (bicyclic) bond motifs is 1. The minimum atomic E-state index is 0.615. The molecule has 0 aliphatic carbocycles. The van der Waals surface area contributed by atoms with Crippen LogP contribution >= 0.6 is 11.3 Å². The van der Waals surface area contributed by atoms with Gasteiger partial charge < -0.3 is 4.57 Å². The number of aryl methyl sites for hydroxylation is 1. The van der Waals surface area contributed by atoms with Gasteiger partial charge >= 0.3 is 0 Å². The summed E-state index contributed by atoms with van der Waals surface area (Å²) in [5.74, 6) is 0.615. The van der Waals surface area contributed by atoms with E-state index in [4.69, 9.17) is 0 Å².